The first-order valence-electron chi connectivity index (χ1n) is 14.9. The van der Waals surface area contributed by atoms with Gasteiger partial charge in [-0.05, 0) is 63.4 Å². The summed E-state index contributed by atoms with van der Waals surface area (Å²) < 4.78 is 13.0. The van der Waals surface area contributed by atoms with E-state index in [0.29, 0.717) is 23.0 Å². The summed E-state index contributed by atoms with van der Waals surface area (Å²) in [5, 5.41) is 13.3. The quantitative estimate of drug-likeness (QED) is 0.157. The number of nitrogens with zero attached hydrogens (tertiary/aromatic N) is 4. The number of likely N-dealkylation sites (N-methyl/N-ethyl adjacent to an activating group) is 1. The fourth-order valence-electron chi connectivity index (χ4n) is 4.19. The van der Waals surface area contributed by atoms with Gasteiger partial charge >= 0.3 is 12.1 Å². The molecule has 0 spiro atoms. The SMILES string of the molecule is CSc1cc(Oc2ccnc(NC(=O)CN(C)C(=O)OC(C)(C)C)c2)ccc1NC(=O)Nc1cc(C(C)(C)C)nn1-c1ccccc1. The standard InChI is InChI=1S/C34H41N7O5S/c1-33(2,3)27-20-29(41(39-27)22-12-10-9-11-13-22)38-31(43)36-25-15-14-23(18-26(25)47-8)45-24-16-17-35-28(19-24)37-30(42)21-40(7)32(44)46-34(4,5)6/h9-20H,21H2,1-8H3,(H,35,37,42)(H2,36,38,43). The van der Waals surface area contributed by atoms with Gasteiger partial charge in [0, 0.05) is 35.7 Å². The lowest BCUT2D eigenvalue weighted by atomic mass is 9.92. The lowest BCUT2D eigenvalue weighted by molar-refractivity contribution is -0.117. The minimum absolute atomic E-state index is 0.214. The number of pyridine rings is 1. The number of anilines is 3. The second-order valence-electron chi connectivity index (χ2n) is 12.7. The van der Waals surface area contributed by atoms with Crippen LogP contribution in [0.1, 0.15) is 47.2 Å². The van der Waals surface area contributed by atoms with Gasteiger partial charge in [-0.1, -0.05) is 39.0 Å². The lowest BCUT2D eigenvalue weighted by Crippen LogP contribution is -2.38. The van der Waals surface area contributed by atoms with Crippen molar-refractivity contribution in [2.24, 2.45) is 0 Å². The number of ether oxygens (including phenoxy) is 2. The average Bonchev–Trinajstić information content (AvgIpc) is 3.42. The van der Waals surface area contributed by atoms with Crippen molar-refractivity contribution < 1.29 is 23.9 Å². The molecule has 0 unspecified atom stereocenters. The third kappa shape index (κ3) is 9.97. The molecule has 2 aromatic carbocycles. The molecule has 4 aromatic rings. The molecule has 4 rings (SSSR count). The fourth-order valence-corrected chi connectivity index (χ4v) is 4.77. The Morgan fingerprint density at radius 2 is 1.60 bits per heavy atom. The molecule has 248 valence electrons. The Labute approximate surface area is 279 Å². The number of amides is 4. The van der Waals surface area contributed by atoms with Crippen molar-refractivity contribution in [3.8, 4) is 17.2 Å². The Hall–Kier alpha value is -5.04. The van der Waals surface area contributed by atoms with Gasteiger partial charge in [0.2, 0.25) is 5.91 Å². The van der Waals surface area contributed by atoms with Gasteiger partial charge in [-0.15, -0.1) is 11.8 Å². The zero-order valence-electron chi connectivity index (χ0n) is 27.9. The van der Waals surface area contributed by atoms with Gasteiger partial charge in [0.15, 0.2) is 0 Å². The van der Waals surface area contributed by atoms with E-state index in [1.807, 2.05) is 42.7 Å². The molecule has 0 radical (unpaired) electrons. The number of nitrogens with one attached hydrogen (secondary N) is 3. The Bertz CT molecular complexity index is 1730. The number of hydrogen-bond acceptors (Lipinski definition) is 8. The van der Waals surface area contributed by atoms with Gasteiger partial charge in [-0.25, -0.2) is 19.3 Å². The van der Waals surface area contributed by atoms with Gasteiger partial charge in [-0.3, -0.25) is 10.1 Å². The van der Waals surface area contributed by atoms with Crippen LogP contribution in [0.25, 0.3) is 5.69 Å². The van der Waals surface area contributed by atoms with Crippen LogP contribution in [-0.4, -0.2) is 63.1 Å². The molecule has 47 heavy (non-hydrogen) atoms. The van der Waals surface area contributed by atoms with Crippen molar-refractivity contribution in [2.45, 2.75) is 57.5 Å². The minimum Gasteiger partial charge on any atom is -0.457 e. The first-order valence-corrected chi connectivity index (χ1v) is 16.1. The summed E-state index contributed by atoms with van der Waals surface area (Å²) in [6, 6.07) is 19.6. The Kier molecular flexibility index (Phi) is 10.8. The maximum Gasteiger partial charge on any atom is 0.410 e. The molecule has 0 aliphatic heterocycles. The van der Waals surface area contributed by atoms with E-state index in [0.717, 1.165) is 16.3 Å². The van der Waals surface area contributed by atoms with Gasteiger partial charge in [-0.2, -0.15) is 5.10 Å². The highest BCUT2D eigenvalue weighted by Crippen LogP contribution is 2.33. The van der Waals surface area contributed by atoms with Crippen LogP contribution in [0, 0.1) is 0 Å². The first-order chi connectivity index (χ1) is 22.1. The molecule has 0 fully saturated rings. The number of thioether (sulfide) groups is 1. The predicted molar refractivity (Wildman–Crippen MR) is 185 cm³/mol. The molecule has 3 N–H and O–H groups in total. The summed E-state index contributed by atoms with van der Waals surface area (Å²) in [6.07, 6.45) is 2.80. The summed E-state index contributed by atoms with van der Waals surface area (Å²) in [5.74, 6) is 1.31. The molecule has 4 amide bonds. The topological polar surface area (TPSA) is 140 Å². The highest BCUT2D eigenvalue weighted by Gasteiger charge is 2.23. The molecule has 0 atom stereocenters. The summed E-state index contributed by atoms with van der Waals surface area (Å²) in [7, 11) is 1.48. The largest absolute Gasteiger partial charge is 0.457 e. The summed E-state index contributed by atoms with van der Waals surface area (Å²) in [6.45, 7) is 11.3. The molecule has 0 saturated heterocycles. The van der Waals surface area contributed by atoms with Crippen LogP contribution >= 0.6 is 11.8 Å². The van der Waals surface area contributed by atoms with E-state index in [9.17, 15) is 14.4 Å². The second-order valence-corrected chi connectivity index (χ2v) is 13.6. The number of carbonyl (C=O) groups excluding carboxylic acids is 3. The van der Waals surface area contributed by atoms with Crippen LogP contribution in [0.4, 0.5) is 26.9 Å². The van der Waals surface area contributed by atoms with Crippen LogP contribution in [0.2, 0.25) is 0 Å². The summed E-state index contributed by atoms with van der Waals surface area (Å²) in [4.78, 5) is 44.0. The van der Waals surface area contributed by atoms with Crippen molar-refractivity contribution in [1.29, 1.82) is 0 Å². The van der Waals surface area contributed by atoms with Crippen LogP contribution < -0.4 is 20.7 Å². The zero-order valence-corrected chi connectivity index (χ0v) is 28.7. The van der Waals surface area contributed by atoms with Gasteiger partial charge in [0.05, 0.1) is 17.1 Å². The third-order valence-electron chi connectivity index (χ3n) is 6.46. The minimum atomic E-state index is -0.671. The average molecular weight is 660 g/mol. The van der Waals surface area contributed by atoms with E-state index < -0.39 is 23.6 Å². The van der Waals surface area contributed by atoms with Gasteiger partial charge in [0.1, 0.15) is 35.3 Å². The van der Waals surface area contributed by atoms with Crippen LogP contribution in [0.5, 0.6) is 11.5 Å². The summed E-state index contributed by atoms with van der Waals surface area (Å²) in [5.41, 5.74) is 1.39. The van der Waals surface area contributed by atoms with E-state index in [4.69, 9.17) is 14.6 Å². The fraction of sp³-hybridized carbons (Fsp3) is 0.324. The Balaban J connectivity index is 1.41. The number of hydrogen-bond donors (Lipinski definition) is 3. The normalized spacial score (nSPS) is 11.4. The number of rotatable bonds is 9. The van der Waals surface area contributed by atoms with E-state index in [1.54, 1.807) is 55.8 Å². The van der Waals surface area contributed by atoms with Crippen molar-refractivity contribution in [2.75, 3.05) is 35.8 Å². The molecule has 0 saturated carbocycles. The van der Waals surface area contributed by atoms with E-state index in [-0.39, 0.29) is 17.8 Å². The van der Waals surface area contributed by atoms with Gasteiger partial charge < -0.3 is 25.0 Å². The number of urea groups is 1. The Morgan fingerprint density at radius 1 is 0.894 bits per heavy atom. The van der Waals surface area contributed by atoms with Crippen LogP contribution in [-0.2, 0) is 14.9 Å². The van der Waals surface area contributed by atoms with Crippen molar-refractivity contribution in [1.82, 2.24) is 19.7 Å². The first kappa shape index (κ1) is 34.8. The molecule has 2 aromatic heterocycles. The molecule has 2 heterocycles. The summed E-state index contributed by atoms with van der Waals surface area (Å²) >= 11 is 1.45. The predicted octanol–water partition coefficient (Wildman–Crippen LogP) is 7.53. The molecule has 12 nitrogen and oxygen atoms in total. The number of benzene rings is 2. The number of aromatic nitrogens is 3. The molecule has 0 aliphatic carbocycles. The Morgan fingerprint density at radius 3 is 2.26 bits per heavy atom. The maximum atomic E-state index is 13.2. The number of carbonyl (C=O) groups is 3. The van der Waals surface area contributed by atoms with Gasteiger partial charge in [0.25, 0.3) is 0 Å². The van der Waals surface area contributed by atoms with E-state index in [1.165, 1.54) is 29.9 Å². The van der Waals surface area contributed by atoms with E-state index in [2.05, 4.69) is 41.7 Å². The highest BCUT2D eigenvalue weighted by atomic mass is 32.2. The van der Waals surface area contributed by atoms with Crippen LogP contribution in [0.15, 0.2) is 77.8 Å². The molecular weight excluding hydrogens is 618 g/mol. The lowest BCUT2D eigenvalue weighted by Gasteiger charge is -2.24. The monoisotopic (exact) mass is 659 g/mol. The highest BCUT2D eigenvalue weighted by molar-refractivity contribution is 7.98. The molecule has 0 aliphatic rings. The maximum absolute atomic E-state index is 13.2. The zero-order chi connectivity index (χ0) is 34.4. The molecule has 0 bridgehead atoms. The molecular formula is C34H41N7O5S. The van der Waals surface area contributed by atoms with E-state index >= 15 is 0 Å². The smallest absolute Gasteiger partial charge is 0.410 e. The number of para-hydroxylation sites is 1. The molecule has 13 heteroatoms. The third-order valence-corrected chi connectivity index (χ3v) is 7.24. The van der Waals surface area contributed by atoms with Crippen molar-refractivity contribution in [3.05, 3.63) is 78.6 Å². The van der Waals surface area contributed by atoms with Crippen molar-refractivity contribution >= 4 is 47.1 Å². The van der Waals surface area contributed by atoms with Crippen molar-refractivity contribution in [3.63, 3.8) is 0 Å². The van der Waals surface area contributed by atoms with Crippen LogP contribution in [0.3, 0.4) is 0 Å². The second kappa shape index (κ2) is 14.6.